The van der Waals surface area contributed by atoms with Gasteiger partial charge in [-0.25, -0.2) is 15.0 Å². The highest BCUT2D eigenvalue weighted by Crippen LogP contribution is 2.28. The van der Waals surface area contributed by atoms with Crippen LogP contribution in [0, 0.1) is 0 Å². The van der Waals surface area contributed by atoms with E-state index in [2.05, 4.69) is 42.1 Å². The molecule has 1 amide bonds. The van der Waals surface area contributed by atoms with Gasteiger partial charge in [-0.05, 0) is 55.9 Å². The third-order valence-electron chi connectivity index (χ3n) is 7.10. The minimum atomic E-state index is -0.303. The van der Waals surface area contributed by atoms with Crippen molar-refractivity contribution in [2.45, 2.75) is 71.0 Å². The number of hydrogen-bond acceptors (Lipinski definition) is 11. The monoisotopic (exact) mass is 627 g/mol. The normalized spacial score (nSPS) is 13.9. The Morgan fingerprint density at radius 1 is 1.11 bits per heavy atom. The lowest BCUT2D eigenvalue weighted by atomic mass is 10.2. The van der Waals surface area contributed by atoms with Crippen molar-refractivity contribution >= 4 is 35.2 Å². The first kappa shape index (κ1) is 34.5. The van der Waals surface area contributed by atoms with E-state index in [9.17, 15) is 9.59 Å². The Labute approximate surface area is 263 Å². The summed E-state index contributed by atoms with van der Waals surface area (Å²) in [6, 6.07) is 7.69. The number of rotatable bonds is 14. The summed E-state index contributed by atoms with van der Waals surface area (Å²) in [6.07, 6.45) is 11.1. The summed E-state index contributed by atoms with van der Waals surface area (Å²) < 4.78 is 9.66. The zero-order chi connectivity index (χ0) is 31.7. The minimum absolute atomic E-state index is 0.169. The van der Waals surface area contributed by atoms with Crippen LogP contribution in [0.2, 0.25) is 5.02 Å². The van der Waals surface area contributed by atoms with Crippen molar-refractivity contribution < 1.29 is 24.2 Å². The molecule has 0 saturated carbocycles. The van der Waals surface area contributed by atoms with E-state index in [0.29, 0.717) is 52.9 Å². The number of anilines is 2. The van der Waals surface area contributed by atoms with Gasteiger partial charge in [-0.15, -0.1) is 0 Å². The summed E-state index contributed by atoms with van der Waals surface area (Å²) in [5.74, 6) is 1.75. The quantitative estimate of drug-likeness (QED) is 0.170. The second-order valence-corrected chi connectivity index (χ2v) is 10.5. The predicted molar refractivity (Wildman–Crippen MR) is 169 cm³/mol. The summed E-state index contributed by atoms with van der Waals surface area (Å²) >= 11 is 6.27. The van der Waals surface area contributed by atoms with E-state index < -0.39 is 0 Å². The van der Waals surface area contributed by atoms with Crippen molar-refractivity contribution in [3.63, 3.8) is 0 Å². The largest absolute Gasteiger partial charge is 0.495 e. The van der Waals surface area contributed by atoms with Crippen LogP contribution < -0.4 is 20.3 Å². The van der Waals surface area contributed by atoms with Crippen LogP contribution in [0.25, 0.3) is 0 Å². The molecule has 13 heteroatoms. The van der Waals surface area contributed by atoms with Gasteiger partial charge < -0.3 is 30.1 Å². The third-order valence-corrected chi connectivity index (χ3v) is 7.39. The molecule has 1 aliphatic rings. The highest BCUT2D eigenvalue weighted by Gasteiger charge is 2.26. The molecule has 12 nitrogen and oxygen atoms in total. The van der Waals surface area contributed by atoms with Crippen molar-refractivity contribution in [2.24, 2.45) is 0 Å². The molecule has 2 aromatic heterocycles. The number of unbranched alkanes of at least 4 members (excludes halogenated alkanes) is 2. The lowest BCUT2D eigenvalue weighted by Crippen LogP contribution is -2.31. The summed E-state index contributed by atoms with van der Waals surface area (Å²) in [4.78, 5) is 43.3. The number of nitrogens with one attached hydrogen (secondary N) is 2. The van der Waals surface area contributed by atoms with E-state index >= 15 is 0 Å². The van der Waals surface area contributed by atoms with E-state index in [1.807, 2.05) is 18.2 Å². The number of aliphatic hydroxyl groups is 1. The van der Waals surface area contributed by atoms with Crippen molar-refractivity contribution in [3.8, 4) is 5.75 Å². The molecule has 4 rings (SSSR count). The number of halogens is 1. The minimum Gasteiger partial charge on any atom is -0.495 e. The molecule has 44 heavy (non-hydrogen) atoms. The van der Waals surface area contributed by atoms with E-state index in [1.165, 1.54) is 7.11 Å². The number of carbonyl (C=O) groups is 2. The van der Waals surface area contributed by atoms with E-state index in [4.69, 9.17) is 26.4 Å². The summed E-state index contributed by atoms with van der Waals surface area (Å²) in [7, 11) is 2.96. The Morgan fingerprint density at radius 2 is 1.91 bits per heavy atom. The van der Waals surface area contributed by atoms with Crippen LogP contribution in [0.4, 0.5) is 11.8 Å². The van der Waals surface area contributed by atoms with Crippen LogP contribution in [0.1, 0.15) is 73.6 Å². The second-order valence-electron chi connectivity index (χ2n) is 10.1. The van der Waals surface area contributed by atoms with Gasteiger partial charge in [0.05, 0.1) is 25.8 Å². The average Bonchev–Trinajstić information content (AvgIpc) is 3.54. The summed E-state index contributed by atoms with van der Waals surface area (Å²) in [5, 5.41) is 15.0. The van der Waals surface area contributed by atoms with Gasteiger partial charge in [0, 0.05) is 50.7 Å². The fourth-order valence-electron chi connectivity index (χ4n) is 4.68. The number of hydrogen-bond donors (Lipinski definition) is 3. The van der Waals surface area contributed by atoms with Crippen LogP contribution in [0.5, 0.6) is 5.75 Å². The molecule has 1 aromatic carbocycles. The standard InChI is InChI=1S/C24H28ClN7O2.C7H14O3/c1-3-17-6-4-11-32(17)24-30-14-18(23(33)29-15-21-26-9-5-10-27-21)22(31-24)28-13-16-7-8-20(34-2)19(25)12-16;1-10-7(9)5-3-2-4-6-8/h5,7-10,12,14,17H,3-4,6,11,13,15H2,1-2H3,(H,29,33)(H,28,30,31);8H,2-6H2,1H3. The number of benzene rings is 1. The van der Waals surface area contributed by atoms with E-state index in [1.54, 1.807) is 31.8 Å². The molecule has 0 spiro atoms. The van der Waals surface area contributed by atoms with E-state index in [-0.39, 0.29) is 25.0 Å². The van der Waals surface area contributed by atoms with Gasteiger partial charge in [0.2, 0.25) is 5.95 Å². The number of aliphatic hydroxyl groups excluding tert-OH is 1. The van der Waals surface area contributed by atoms with Crippen LogP contribution >= 0.6 is 11.6 Å². The second kappa shape index (κ2) is 18.6. The number of methoxy groups -OCH3 is 2. The highest BCUT2D eigenvalue weighted by atomic mass is 35.5. The SMILES string of the molecule is CCC1CCCN1c1ncc(C(=O)NCc2ncccn2)c(NCc2ccc(OC)c(Cl)c2)n1.COC(=O)CCCCCO. The zero-order valence-corrected chi connectivity index (χ0v) is 26.3. The number of amides is 1. The summed E-state index contributed by atoms with van der Waals surface area (Å²) in [6.45, 7) is 3.92. The van der Waals surface area contributed by atoms with Crippen LogP contribution in [-0.4, -0.2) is 70.3 Å². The van der Waals surface area contributed by atoms with Crippen LogP contribution in [0.3, 0.4) is 0 Å². The number of ether oxygens (including phenoxy) is 2. The molecule has 3 N–H and O–H groups in total. The molecule has 0 bridgehead atoms. The summed E-state index contributed by atoms with van der Waals surface area (Å²) in [5.41, 5.74) is 1.29. The lowest BCUT2D eigenvalue weighted by Gasteiger charge is -2.24. The van der Waals surface area contributed by atoms with Gasteiger partial charge in [0.1, 0.15) is 23.0 Å². The molecule has 3 aromatic rings. The number of esters is 1. The Hall–Kier alpha value is -4.03. The Balaban J connectivity index is 0.000000456. The number of carbonyl (C=O) groups excluding carboxylic acids is 2. The lowest BCUT2D eigenvalue weighted by molar-refractivity contribution is -0.140. The first-order valence-electron chi connectivity index (χ1n) is 14.8. The van der Waals surface area contributed by atoms with Crippen molar-refractivity contribution in [1.82, 2.24) is 25.3 Å². The number of nitrogens with zero attached hydrogens (tertiary/aromatic N) is 5. The zero-order valence-electron chi connectivity index (χ0n) is 25.6. The molecule has 238 valence electrons. The molecule has 1 atom stereocenters. The van der Waals surface area contributed by atoms with Crippen molar-refractivity contribution in [3.05, 3.63) is 64.8 Å². The molecule has 3 heterocycles. The van der Waals surface area contributed by atoms with Gasteiger partial charge in [-0.1, -0.05) is 31.0 Å². The predicted octanol–water partition coefficient (Wildman–Crippen LogP) is 4.56. The van der Waals surface area contributed by atoms with Crippen LogP contribution in [0.15, 0.2) is 42.9 Å². The van der Waals surface area contributed by atoms with Gasteiger partial charge >= 0.3 is 5.97 Å². The fraction of sp³-hybridized carbons (Fsp3) is 0.484. The Morgan fingerprint density at radius 3 is 2.59 bits per heavy atom. The third kappa shape index (κ3) is 10.6. The topological polar surface area (TPSA) is 152 Å². The van der Waals surface area contributed by atoms with Crippen molar-refractivity contribution in [1.29, 1.82) is 0 Å². The van der Waals surface area contributed by atoms with Crippen LogP contribution in [-0.2, 0) is 22.6 Å². The highest BCUT2D eigenvalue weighted by molar-refractivity contribution is 6.32. The molecule has 1 saturated heterocycles. The Kier molecular flexibility index (Phi) is 14.6. The van der Waals surface area contributed by atoms with Gasteiger partial charge in [0.25, 0.3) is 5.91 Å². The first-order chi connectivity index (χ1) is 21.4. The molecule has 0 radical (unpaired) electrons. The van der Waals surface area contributed by atoms with Crippen molar-refractivity contribution in [2.75, 3.05) is 37.6 Å². The van der Waals surface area contributed by atoms with E-state index in [0.717, 1.165) is 50.6 Å². The average molecular weight is 628 g/mol. The maximum absolute atomic E-state index is 13.0. The molecule has 0 aliphatic carbocycles. The van der Waals surface area contributed by atoms with Gasteiger partial charge in [0.15, 0.2) is 0 Å². The molecular formula is C31H42ClN7O5. The fourth-order valence-corrected chi connectivity index (χ4v) is 4.96. The molecule has 1 unspecified atom stereocenters. The van der Waals surface area contributed by atoms with Gasteiger partial charge in [-0.3, -0.25) is 9.59 Å². The maximum Gasteiger partial charge on any atom is 0.305 e. The smallest absolute Gasteiger partial charge is 0.305 e. The molecular weight excluding hydrogens is 586 g/mol. The maximum atomic E-state index is 13.0. The van der Waals surface area contributed by atoms with Gasteiger partial charge in [-0.2, -0.15) is 4.98 Å². The number of aromatic nitrogens is 4. The molecule has 1 fully saturated rings. The Bertz CT molecular complexity index is 1330. The molecule has 1 aliphatic heterocycles. The first-order valence-corrected chi connectivity index (χ1v) is 15.2.